The average molecular weight is 367 g/mol. The van der Waals surface area contributed by atoms with E-state index in [0.29, 0.717) is 38.3 Å². The molecule has 1 aromatic carbocycles. The molecule has 144 valence electrons. The van der Waals surface area contributed by atoms with Crippen molar-refractivity contribution in [1.29, 1.82) is 0 Å². The maximum Gasteiger partial charge on any atom is 0.272 e. The summed E-state index contributed by atoms with van der Waals surface area (Å²) >= 11 is 0. The Kier molecular flexibility index (Phi) is 6.93. The third kappa shape index (κ3) is 4.70. The van der Waals surface area contributed by atoms with Crippen molar-refractivity contribution in [3.8, 4) is 0 Å². The second kappa shape index (κ2) is 8.95. The number of carbonyl (C=O) groups excluding carboxylic acids is 2. The molecule has 1 saturated heterocycles. The molecule has 1 aromatic rings. The minimum absolute atomic E-state index is 0.0878. The molecule has 0 radical (unpaired) electrons. The Balaban J connectivity index is 2.04. The second-order valence-corrected chi connectivity index (χ2v) is 6.92. The van der Waals surface area contributed by atoms with Crippen molar-refractivity contribution < 1.29 is 24.3 Å². The zero-order valence-electron chi connectivity index (χ0n) is 15.1. The van der Waals surface area contributed by atoms with E-state index in [1.165, 1.54) is 11.5 Å². The van der Waals surface area contributed by atoms with E-state index >= 15 is 0 Å². The normalized spacial score (nSPS) is 17.2. The number of hydrogen-bond acceptors (Lipinski definition) is 5. The molecule has 2 rings (SSSR count). The molecule has 1 aliphatic rings. The van der Waals surface area contributed by atoms with E-state index in [0.717, 1.165) is 0 Å². The van der Waals surface area contributed by atoms with Crippen molar-refractivity contribution in [3.63, 3.8) is 0 Å². The van der Waals surface area contributed by atoms with E-state index in [9.17, 15) is 19.1 Å². The molecule has 1 heterocycles. The highest BCUT2D eigenvalue weighted by atomic mass is 19.1. The van der Waals surface area contributed by atoms with Gasteiger partial charge in [0.15, 0.2) is 0 Å². The molecule has 1 fully saturated rings. The van der Waals surface area contributed by atoms with Crippen LogP contribution >= 0.6 is 0 Å². The molecular formula is C18H26FN3O4. The Bertz CT molecular complexity index is 633. The van der Waals surface area contributed by atoms with Crippen LogP contribution in [0.15, 0.2) is 24.3 Å². The van der Waals surface area contributed by atoms with Crippen molar-refractivity contribution in [3.05, 3.63) is 30.1 Å². The number of amides is 2. The fourth-order valence-electron chi connectivity index (χ4n) is 3.23. The maximum absolute atomic E-state index is 13.9. The Morgan fingerprint density at radius 3 is 2.35 bits per heavy atom. The number of aliphatic hydroxyl groups is 1. The highest BCUT2D eigenvalue weighted by molar-refractivity contribution is 5.88. The molecule has 8 heteroatoms. The van der Waals surface area contributed by atoms with Crippen molar-refractivity contribution in [1.82, 2.24) is 10.4 Å². The van der Waals surface area contributed by atoms with E-state index in [2.05, 4.69) is 0 Å². The van der Waals surface area contributed by atoms with Crippen molar-refractivity contribution >= 4 is 17.5 Å². The number of halogens is 1. The minimum atomic E-state index is -1.61. The fourth-order valence-corrected chi connectivity index (χ4v) is 3.23. The first-order valence-corrected chi connectivity index (χ1v) is 8.75. The Morgan fingerprint density at radius 2 is 1.81 bits per heavy atom. The van der Waals surface area contributed by atoms with E-state index in [1.54, 1.807) is 23.1 Å². The molecule has 0 unspecified atom stereocenters. The van der Waals surface area contributed by atoms with E-state index in [1.807, 2.05) is 18.7 Å². The van der Waals surface area contributed by atoms with Gasteiger partial charge in [-0.3, -0.25) is 14.8 Å². The lowest BCUT2D eigenvalue weighted by atomic mass is 9.90. The van der Waals surface area contributed by atoms with Crippen molar-refractivity contribution in [2.45, 2.75) is 26.4 Å². The standard InChI is InChI=1S/C18H26FN3O4/c1-12(2)11-13(16(23)17(24)20-26)18(25)22-9-7-21(8-10-22)15-6-4-3-5-14(15)19/h3-6,12-13,16,23,26H,7-11H2,1-2H3,(H,20,24)/t13-,16-/m0/s1. The van der Waals surface area contributed by atoms with E-state index in [-0.39, 0.29) is 17.6 Å². The van der Waals surface area contributed by atoms with Crippen LogP contribution in [0.2, 0.25) is 0 Å². The third-order valence-electron chi connectivity index (χ3n) is 4.59. The van der Waals surface area contributed by atoms with E-state index < -0.39 is 17.9 Å². The number of benzene rings is 1. The number of carbonyl (C=O) groups is 2. The van der Waals surface area contributed by atoms with Crippen LogP contribution in [0.4, 0.5) is 10.1 Å². The van der Waals surface area contributed by atoms with Crippen LogP contribution in [-0.2, 0) is 9.59 Å². The number of nitrogens with zero attached hydrogens (tertiary/aromatic N) is 2. The number of piperazine rings is 1. The van der Waals surface area contributed by atoms with Gasteiger partial charge in [-0.25, -0.2) is 9.87 Å². The zero-order chi connectivity index (χ0) is 19.3. The number of hydroxylamine groups is 1. The largest absolute Gasteiger partial charge is 0.382 e. The molecule has 7 nitrogen and oxygen atoms in total. The Morgan fingerprint density at radius 1 is 1.19 bits per heavy atom. The van der Waals surface area contributed by atoms with Crippen LogP contribution in [-0.4, -0.2) is 59.3 Å². The molecule has 0 aliphatic carbocycles. The Hall–Kier alpha value is -2.19. The summed E-state index contributed by atoms with van der Waals surface area (Å²) in [6.07, 6.45) is -1.29. The van der Waals surface area contributed by atoms with Gasteiger partial charge in [0.2, 0.25) is 5.91 Å². The summed E-state index contributed by atoms with van der Waals surface area (Å²) in [5.41, 5.74) is 1.90. The quantitative estimate of drug-likeness (QED) is 0.515. The van der Waals surface area contributed by atoms with Crippen LogP contribution in [0.3, 0.4) is 0 Å². The lowest BCUT2D eigenvalue weighted by Gasteiger charge is -2.38. The molecule has 2 atom stereocenters. The monoisotopic (exact) mass is 367 g/mol. The molecule has 3 N–H and O–H groups in total. The first-order valence-electron chi connectivity index (χ1n) is 8.75. The third-order valence-corrected chi connectivity index (χ3v) is 4.59. The topological polar surface area (TPSA) is 93.1 Å². The van der Waals surface area contributed by atoms with Crippen molar-refractivity contribution in [2.75, 3.05) is 31.1 Å². The number of para-hydroxylation sites is 1. The van der Waals surface area contributed by atoms with Gasteiger partial charge in [0.25, 0.3) is 5.91 Å². The fraction of sp³-hybridized carbons (Fsp3) is 0.556. The average Bonchev–Trinajstić information content (AvgIpc) is 2.64. The maximum atomic E-state index is 13.9. The smallest absolute Gasteiger partial charge is 0.272 e. The van der Waals surface area contributed by atoms with Gasteiger partial charge in [-0.2, -0.15) is 0 Å². The lowest BCUT2D eigenvalue weighted by molar-refractivity contribution is -0.151. The Labute approximate surface area is 152 Å². The summed E-state index contributed by atoms with van der Waals surface area (Å²) in [5.74, 6) is -2.47. The van der Waals surface area contributed by atoms with Crippen LogP contribution in [0.25, 0.3) is 0 Å². The minimum Gasteiger partial charge on any atom is -0.382 e. The number of nitrogens with one attached hydrogen (secondary N) is 1. The number of hydrogen-bond donors (Lipinski definition) is 3. The van der Waals surface area contributed by atoms with Crippen LogP contribution < -0.4 is 10.4 Å². The van der Waals surface area contributed by atoms with Crippen LogP contribution in [0.5, 0.6) is 0 Å². The molecular weight excluding hydrogens is 341 g/mol. The second-order valence-electron chi connectivity index (χ2n) is 6.92. The molecule has 2 amide bonds. The van der Waals surface area contributed by atoms with Crippen LogP contribution in [0, 0.1) is 17.7 Å². The van der Waals surface area contributed by atoms with Gasteiger partial charge in [-0.1, -0.05) is 26.0 Å². The first kappa shape index (κ1) is 20.1. The van der Waals surface area contributed by atoms with Crippen molar-refractivity contribution in [2.24, 2.45) is 11.8 Å². The summed E-state index contributed by atoms with van der Waals surface area (Å²) in [4.78, 5) is 27.8. The highest BCUT2D eigenvalue weighted by Crippen LogP contribution is 2.23. The zero-order valence-corrected chi connectivity index (χ0v) is 15.1. The molecule has 0 saturated carbocycles. The number of rotatable bonds is 6. The van der Waals surface area contributed by atoms with Gasteiger partial charge < -0.3 is 14.9 Å². The first-order chi connectivity index (χ1) is 12.3. The van der Waals surface area contributed by atoms with Gasteiger partial charge in [0, 0.05) is 26.2 Å². The molecule has 0 aromatic heterocycles. The van der Waals surface area contributed by atoms with Gasteiger partial charge in [-0.15, -0.1) is 0 Å². The summed E-state index contributed by atoms with van der Waals surface area (Å²) in [6, 6.07) is 6.49. The molecule has 0 spiro atoms. The molecule has 1 aliphatic heterocycles. The van der Waals surface area contributed by atoms with Gasteiger partial charge in [0.1, 0.15) is 11.9 Å². The highest BCUT2D eigenvalue weighted by Gasteiger charge is 2.36. The SMILES string of the molecule is CC(C)C[C@H](C(=O)N1CCN(c2ccccc2F)CC1)[C@H](O)C(=O)NO. The van der Waals surface area contributed by atoms with Gasteiger partial charge in [0.05, 0.1) is 11.6 Å². The van der Waals surface area contributed by atoms with E-state index in [4.69, 9.17) is 5.21 Å². The summed E-state index contributed by atoms with van der Waals surface area (Å²) in [5, 5.41) is 18.9. The predicted molar refractivity (Wildman–Crippen MR) is 94.1 cm³/mol. The summed E-state index contributed by atoms with van der Waals surface area (Å²) in [7, 11) is 0. The molecule has 26 heavy (non-hydrogen) atoms. The summed E-state index contributed by atoms with van der Waals surface area (Å²) < 4.78 is 13.9. The number of anilines is 1. The van der Waals surface area contributed by atoms with Crippen LogP contribution in [0.1, 0.15) is 20.3 Å². The van der Waals surface area contributed by atoms with Gasteiger partial charge >= 0.3 is 0 Å². The predicted octanol–water partition coefficient (Wildman–Crippen LogP) is 1.00. The summed E-state index contributed by atoms with van der Waals surface area (Å²) in [6.45, 7) is 5.44. The number of aliphatic hydroxyl groups excluding tert-OH is 1. The molecule has 0 bridgehead atoms. The van der Waals surface area contributed by atoms with Gasteiger partial charge in [-0.05, 0) is 24.5 Å². The lowest BCUT2D eigenvalue weighted by Crippen LogP contribution is -2.53.